The summed E-state index contributed by atoms with van der Waals surface area (Å²) in [6, 6.07) is 3.68. The largest absolute Gasteiger partial charge is 0.465 e. The van der Waals surface area contributed by atoms with E-state index in [1.54, 1.807) is 6.20 Å². The maximum absolute atomic E-state index is 10.4. The van der Waals surface area contributed by atoms with Crippen molar-refractivity contribution in [2.75, 3.05) is 13.1 Å². The molecule has 2 heterocycles. The fourth-order valence-electron chi connectivity index (χ4n) is 1.35. The minimum absolute atomic E-state index is 0.227. The molecule has 13 heavy (non-hydrogen) atoms. The molecule has 1 aromatic heterocycles. The Kier molecular flexibility index (Phi) is 1.84. The Labute approximate surface area is 75.0 Å². The molecule has 1 aliphatic rings. The summed E-state index contributed by atoms with van der Waals surface area (Å²) < 4.78 is 0. The molecule has 1 saturated heterocycles. The highest BCUT2D eigenvalue weighted by molar-refractivity contribution is 5.66. The Morgan fingerprint density at radius 1 is 1.62 bits per heavy atom. The van der Waals surface area contributed by atoms with E-state index in [1.165, 1.54) is 4.90 Å². The van der Waals surface area contributed by atoms with Gasteiger partial charge in [-0.1, -0.05) is 0 Å². The zero-order valence-electron chi connectivity index (χ0n) is 6.92. The van der Waals surface area contributed by atoms with E-state index in [4.69, 9.17) is 5.11 Å². The van der Waals surface area contributed by atoms with Gasteiger partial charge in [-0.15, -0.1) is 0 Å². The molecule has 0 aliphatic carbocycles. The third kappa shape index (κ3) is 1.44. The Bertz CT molecular complexity index is 308. The molecule has 1 amide bonds. The maximum Gasteiger partial charge on any atom is 0.407 e. The van der Waals surface area contributed by atoms with Crippen LogP contribution < -0.4 is 0 Å². The van der Waals surface area contributed by atoms with Crippen LogP contribution in [-0.4, -0.2) is 39.4 Å². The Morgan fingerprint density at radius 2 is 2.38 bits per heavy atom. The molecule has 0 unspecified atom stereocenters. The van der Waals surface area contributed by atoms with Crippen molar-refractivity contribution in [1.82, 2.24) is 15.1 Å². The number of hydrogen-bond acceptors (Lipinski definition) is 3. The van der Waals surface area contributed by atoms with Gasteiger partial charge in [-0.3, -0.25) is 0 Å². The number of nitrogens with zero attached hydrogens (tertiary/aromatic N) is 3. The second-order valence-electron chi connectivity index (χ2n) is 3.03. The number of amides is 1. The number of hydrogen-bond donors (Lipinski definition) is 1. The van der Waals surface area contributed by atoms with Crippen molar-refractivity contribution < 1.29 is 9.90 Å². The molecule has 0 bridgehead atoms. The molecule has 5 nitrogen and oxygen atoms in total. The van der Waals surface area contributed by atoms with Crippen LogP contribution in [0.5, 0.6) is 0 Å². The van der Waals surface area contributed by atoms with E-state index in [0.29, 0.717) is 13.1 Å². The number of carbonyl (C=O) groups is 1. The number of aromatic nitrogens is 2. The molecule has 0 saturated carbocycles. The maximum atomic E-state index is 10.4. The fraction of sp³-hybridized carbons (Fsp3) is 0.375. The molecule has 1 N–H and O–H groups in total. The van der Waals surface area contributed by atoms with Gasteiger partial charge in [0.15, 0.2) is 0 Å². The van der Waals surface area contributed by atoms with Crippen molar-refractivity contribution in [3.05, 3.63) is 24.0 Å². The van der Waals surface area contributed by atoms with Gasteiger partial charge in [0.05, 0.1) is 5.69 Å². The van der Waals surface area contributed by atoms with E-state index in [2.05, 4.69) is 10.2 Å². The van der Waals surface area contributed by atoms with Gasteiger partial charge in [0, 0.05) is 25.2 Å². The first-order valence-electron chi connectivity index (χ1n) is 4.03. The average Bonchev–Trinajstić information content (AvgIpc) is 2.02. The smallest absolute Gasteiger partial charge is 0.407 e. The predicted molar refractivity (Wildman–Crippen MR) is 44.4 cm³/mol. The topological polar surface area (TPSA) is 66.3 Å². The van der Waals surface area contributed by atoms with Crippen LogP contribution in [-0.2, 0) is 0 Å². The molecule has 2 rings (SSSR count). The summed E-state index contributed by atoms with van der Waals surface area (Å²) in [4.78, 5) is 11.8. The van der Waals surface area contributed by atoms with Gasteiger partial charge in [0.25, 0.3) is 0 Å². The summed E-state index contributed by atoms with van der Waals surface area (Å²) in [6.45, 7) is 1.07. The Hall–Kier alpha value is -1.65. The van der Waals surface area contributed by atoms with Gasteiger partial charge >= 0.3 is 6.09 Å². The van der Waals surface area contributed by atoms with E-state index >= 15 is 0 Å². The molecule has 0 spiro atoms. The molecular formula is C8H9N3O2. The molecule has 1 aromatic rings. The third-order valence-corrected chi connectivity index (χ3v) is 2.16. The van der Waals surface area contributed by atoms with Crippen LogP contribution in [0.1, 0.15) is 11.6 Å². The van der Waals surface area contributed by atoms with Crippen molar-refractivity contribution in [1.29, 1.82) is 0 Å². The van der Waals surface area contributed by atoms with E-state index in [0.717, 1.165) is 5.69 Å². The Balaban J connectivity index is 1.98. The highest BCUT2D eigenvalue weighted by atomic mass is 16.4. The monoisotopic (exact) mass is 179 g/mol. The van der Waals surface area contributed by atoms with Crippen LogP contribution in [0.15, 0.2) is 18.3 Å². The molecule has 5 heteroatoms. The predicted octanol–water partition coefficient (Wildman–Crippen LogP) is 0.554. The second kappa shape index (κ2) is 3.01. The summed E-state index contributed by atoms with van der Waals surface area (Å²) in [5, 5.41) is 16.3. The molecule has 0 aromatic carbocycles. The quantitative estimate of drug-likeness (QED) is 0.683. The van der Waals surface area contributed by atoms with Crippen molar-refractivity contribution in [2.45, 2.75) is 5.92 Å². The summed E-state index contributed by atoms with van der Waals surface area (Å²) in [6.07, 6.45) is 0.747. The first-order valence-corrected chi connectivity index (χ1v) is 4.03. The van der Waals surface area contributed by atoms with Gasteiger partial charge in [-0.05, 0) is 12.1 Å². The van der Waals surface area contributed by atoms with Crippen molar-refractivity contribution in [2.24, 2.45) is 0 Å². The van der Waals surface area contributed by atoms with E-state index in [1.807, 2.05) is 12.1 Å². The molecule has 1 fully saturated rings. The lowest BCUT2D eigenvalue weighted by atomic mass is 9.97. The van der Waals surface area contributed by atoms with Gasteiger partial charge in [0.2, 0.25) is 0 Å². The number of carboxylic acid groups (broad SMARTS) is 1. The van der Waals surface area contributed by atoms with Crippen LogP contribution in [0.3, 0.4) is 0 Å². The van der Waals surface area contributed by atoms with Gasteiger partial charge in [-0.25, -0.2) is 4.79 Å². The fourth-order valence-corrected chi connectivity index (χ4v) is 1.35. The first-order chi connectivity index (χ1) is 6.27. The molecular weight excluding hydrogens is 170 g/mol. The van der Waals surface area contributed by atoms with Crippen molar-refractivity contribution in [3.63, 3.8) is 0 Å². The minimum Gasteiger partial charge on any atom is -0.465 e. The highest BCUT2D eigenvalue weighted by Gasteiger charge is 2.32. The highest BCUT2D eigenvalue weighted by Crippen LogP contribution is 2.24. The van der Waals surface area contributed by atoms with Crippen LogP contribution in [0.4, 0.5) is 4.79 Å². The first kappa shape index (κ1) is 7.97. The average molecular weight is 179 g/mol. The summed E-state index contributed by atoms with van der Waals surface area (Å²) in [5.41, 5.74) is 0.875. The Morgan fingerprint density at radius 3 is 2.92 bits per heavy atom. The molecule has 0 atom stereocenters. The zero-order chi connectivity index (χ0) is 9.26. The number of rotatable bonds is 1. The lowest BCUT2D eigenvalue weighted by molar-refractivity contribution is 0.104. The van der Waals surface area contributed by atoms with E-state index in [-0.39, 0.29) is 5.92 Å². The number of likely N-dealkylation sites (tertiary alicyclic amines) is 1. The molecule has 0 radical (unpaired) electrons. The zero-order valence-corrected chi connectivity index (χ0v) is 6.92. The standard InChI is InChI=1S/C8H9N3O2/c12-8(13)11-4-6(5-11)7-2-1-3-9-10-7/h1-3,6H,4-5H2,(H,12,13). The minimum atomic E-state index is -0.861. The van der Waals surface area contributed by atoms with Crippen LogP contribution >= 0.6 is 0 Å². The van der Waals surface area contributed by atoms with E-state index < -0.39 is 6.09 Å². The SMILES string of the molecule is O=C(O)N1CC(c2cccnn2)C1. The van der Waals surface area contributed by atoms with Gasteiger partial charge in [0.1, 0.15) is 0 Å². The van der Waals surface area contributed by atoms with Gasteiger partial charge in [-0.2, -0.15) is 10.2 Å². The lowest BCUT2D eigenvalue weighted by Gasteiger charge is -2.36. The van der Waals surface area contributed by atoms with Gasteiger partial charge < -0.3 is 10.0 Å². The van der Waals surface area contributed by atoms with E-state index in [9.17, 15) is 4.79 Å². The normalized spacial score (nSPS) is 16.8. The summed E-state index contributed by atoms with van der Waals surface area (Å²) in [7, 11) is 0. The summed E-state index contributed by atoms with van der Waals surface area (Å²) >= 11 is 0. The van der Waals surface area contributed by atoms with Crippen molar-refractivity contribution in [3.8, 4) is 0 Å². The summed E-state index contributed by atoms with van der Waals surface area (Å²) in [5.74, 6) is 0.227. The van der Waals surface area contributed by atoms with Crippen molar-refractivity contribution >= 4 is 6.09 Å². The molecule has 68 valence electrons. The second-order valence-corrected chi connectivity index (χ2v) is 3.03. The van der Waals surface area contributed by atoms with Crippen LogP contribution in [0.25, 0.3) is 0 Å². The van der Waals surface area contributed by atoms with Crippen LogP contribution in [0.2, 0.25) is 0 Å². The third-order valence-electron chi connectivity index (χ3n) is 2.16. The lowest BCUT2D eigenvalue weighted by Crippen LogP contribution is -2.48. The molecule has 1 aliphatic heterocycles. The van der Waals surface area contributed by atoms with Crippen LogP contribution in [0, 0.1) is 0 Å².